The average Bonchev–Trinajstić information content (AvgIpc) is 2.62. The van der Waals surface area contributed by atoms with Crippen LogP contribution in [0.4, 0.5) is 5.82 Å². The first-order valence-corrected chi connectivity index (χ1v) is 11.0. The Morgan fingerprint density at radius 2 is 1.27 bits per heavy atom. The molecule has 0 unspecified atom stereocenters. The van der Waals surface area contributed by atoms with Crippen LogP contribution in [0.1, 0.15) is 0 Å². The fraction of sp³-hybridized carbons (Fsp3) is 0. The van der Waals surface area contributed by atoms with Crippen molar-refractivity contribution >= 4 is 37.2 Å². The summed E-state index contributed by atoms with van der Waals surface area (Å²) in [5.74, 6) is 0.800. The van der Waals surface area contributed by atoms with Gasteiger partial charge in [-0.1, -0.05) is 0 Å². The Hall–Kier alpha value is -1.70. The van der Waals surface area contributed by atoms with Crippen LogP contribution >= 0.6 is 5.66 Å². The molecule has 0 bridgehead atoms. The molecule has 3 aromatic rings. The molecule has 3 nitrogen and oxygen atoms in total. The van der Waals surface area contributed by atoms with Crippen LogP contribution in [0.25, 0.3) is 0 Å². The van der Waals surface area contributed by atoms with Gasteiger partial charge in [0.2, 0.25) is 0 Å². The van der Waals surface area contributed by atoms with E-state index in [9.17, 15) is 0 Å². The second-order valence-electron chi connectivity index (χ2n) is 4.73. The van der Waals surface area contributed by atoms with Crippen molar-refractivity contribution in [3.8, 4) is 0 Å². The molecule has 0 atom stereocenters. The molecular formula is C17H16N3PSe. The molecule has 0 aliphatic heterocycles. The molecule has 22 heavy (non-hydrogen) atoms. The quantitative estimate of drug-likeness (QED) is 0.411. The molecule has 2 aromatic carbocycles. The fourth-order valence-corrected chi connectivity index (χ4v) is 5.96. The van der Waals surface area contributed by atoms with Gasteiger partial charge < -0.3 is 0 Å². The van der Waals surface area contributed by atoms with E-state index in [1.165, 1.54) is 10.6 Å². The summed E-state index contributed by atoms with van der Waals surface area (Å²) < 4.78 is 0. The van der Waals surface area contributed by atoms with Gasteiger partial charge in [-0.05, 0) is 0 Å². The van der Waals surface area contributed by atoms with Crippen LogP contribution in [-0.2, 0) is 0 Å². The average molecular weight is 372 g/mol. The third kappa shape index (κ3) is 3.37. The van der Waals surface area contributed by atoms with Gasteiger partial charge in [-0.2, -0.15) is 0 Å². The van der Waals surface area contributed by atoms with Crippen LogP contribution in [0, 0.1) is 0 Å². The van der Waals surface area contributed by atoms with Crippen LogP contribution in [0.5, 0.6) is 0 Å². The van der Waals surface area contributed by atoms with Crippen LogP contribution < -0.4 is 21.2 Å². The van der Waals surface area contributed by atoms with Gasteiger partial charge in [-0.25, -0.2) is 0 Å². The molecule has 2 N–H and O–H groups in total. The summed E-state index contributed by atoms with van der Waals surface area (Å²) in [6.07, 6.45) is 1.77. The fourth-order valence-electron chi connectivity index (χ4n) is 2.13. The summed E-state index contributed by atoms with van der Waals surface area (Å²) in [7, 11) is 0. The van der Waals surface area contributed by atoms with Gasteiger partial charge in [0.1, 0.15) is 0 Å². The zero-order chi connectivity index (χ0) is 15.3. The topological polar surface area (TPSA) is 37.0 Å². The number of nitrogens with zero attached hydrogens (tertiary/aromatic N) is 1. The molecule has 1 aromatic heterocycles. The summed E-state index contributed by atoms with van der Waals surface area (Å²) in [6.45, 7) is 0. The summed E-state index contributed by atoms with van der Waals surface area (Å²) in [5, 5.41) is 5.97. The van der Waals surface area contributed by atoms with E-state index in [0.717, 1.165) is 5.82 Å². The van der Waals surface area contributed by atoms with Gasteiger partial charge in [0, 0.05) is 0 Å². The number of pyridine rings is 1. The predicted molar refractivity (Wildman–Crippen MR) is 95.8 cm³/mol. The Morgan fingerprint density at radius 3 is 1.77 bits per heavy atom. The molecule has 0 aliphatic rings. The Labute approximate surface area is 138 Å². The van der Waals surface area contributed by atoms with Crippen molar-refractivity contribution in [1.29, 1.82) is 0 Å². The molecule has 0 radical (unpaired) electrons. The van der Waals surface area contributed by atoms with Crippen molar-refractivity contribution in [2.24, 2.45) is 0 Å². The third-order valence-corrected chi connectivity index (χ3v) is 8.95. The second kappa shape index (κ2) is 7.04. The molecule has 110 valence electrons. The van der Waals surface area contributed by atoms with E-state index in [-0.39, 0.29) is 0 Å². The molecule has 0 aliphatic carbocycles. The Bertz CT molecular complexity index is 720. The van der Waals surface area contributed by atoms with Crippen molar-refractivity contribution in [1.82, 2.24) is 10.2 Å². The molecule has 0 fully saturated rings. The van der Waals surface area contributed by atoms with Crippen molar-refractivity contribution in [2.45, 2.75) is 0 Å². The van der Waals surface area contributed by atoms with E-state index in [1.807, 2.05) is 30.3 Å². The van der Waals surface area contributed by atoms with Crippen LogP contribution in [0.2, 0.25) is 0 Å². The van der Waals surface area contributed by atoms with Gasteiger partial charge in [-0.3, -0.25) is 0 Å². The summed E-state index contributed by atoms with van der Waals surface area (Å²) in [6, 6.07) is 26.7. The van der Waals surface area contributed by atoms with Crippen LogP contribution in [0.3, 0.4) is 0 Å². The zero-order valence-corrected chi connectivity index (χ0v) is 14.5. The number of rotatable bonds is 5. The number of aromatic nitrogens is 1. The standard InChI is InChI=1S/C17H16N3PSe/c22-21(15-9-3-1-4-10-15,16-11-5-2-6-12-16)20-19-17-13-7-8-14-18-17/h1-14H,(H,18,19)(H,20,22). The number of hydrazine groups is 1. The van der Waals surface area contributed by atoms with E-state index in [4.69, 9.17) is 0 Å². The van der Waals surface area contributed by atoms with E-state index in [0.29, 0.717) is 0 Å². The van der Waals surface area contributed by atoms with Crippen LogP contribution in [0.15, 0.2) is 85.1 Å². The number of nitrogens with one attached hydrogen (secondary N) is 2. The first kappa shape index (κ1) is 15.2. The molecule has 0 spiro atoms. The number of benzene rings is 2. The van der Waals surface area contributed by atoms with E-state index < -0.39 is 5.66 Å². The monoisotopic (exact) mass is 373 g/mol. The van der Waals surface area contributed by atoms with Crippen molar-refractivity contribution in [3.05, 3.63) is 85.1 Å². The number of anilines is 1. The van der Waals surface area contributed by atoms with Gasteiger partial charge in [0.15, 0.2) is 0 Å². The first-order valence-electron chi connectivity index (χ1n) is 6.95. The Morgan fingerprint density at radius 1 is 0.727 bits per heavy atom. The minimum absolute atomic E-state index is 0.800. The molecule has 3 rings (SSSR count). The molecule has 0 saturated heterocycles. The maximum atomic E-state index is 4.30. The molecular weight excluding hydrogens is 356 g/mol. The van der Waals surface area contributed by atoms with Crippen LogP contribution in [-0.4, -0.2) is 20.1 Å². The van der Waals surface area contributed by atoms with Crippen molar-refractivity contribution in [2.75, 3.05) is 5.43 Å². The summed E-state index contributed by atoms with van der Waals surface area (Å²) in [5.41, 5.74) is 1.37. The zero-order valence-electron chi connectivity index (χ0n) is 11.9. The molecule has 1 heterocycles. The van der Waals surface area contributed by atoms with E-state index in [1.54, 1.807) is 6.20 Å². The number of hydrogen-bond donors (Lipinski definition) is 2. The van der Waals surface area contributed by atoms with Gasteiger partial charge in [-0.15, -0.1) is 0 Å². The third-order valence-electron chi connectivity index (χ3n) is 3.25. The maximum absolute atomic E-state index is 4.30. The Balaban J connectivity index is 1.95. The molecule has 0 saturated carbocycles. The van der Waals surface area contributed by atoms with E-state index in [2.05, 4.69) is 79.2 Å². The Kier molecular flexibility index (Phi) is 4.87. The van der Waals surface area contributed by atoms with E-state index >= 15 is 0 Å². The van der Waals surface area contributed by atoms with Crippen molar-refractivity contribution in [3.63, 3.8) is 0 Å². The molecule has 0 amide bonds. The predicted octanol–water partition coefficient (Wildman–Crippen LogP) is 2.67. The molecule has 5 heteroatoms. The van der Waals surface area contributed by atoms with Gasteiger partial charge in [0.05, 0.1) is 0 Å². The van der Waals surface area contributed by atoms with Gasteiger partial charge >= 0.3 is 138 Å². The van der Waals surface area contributed by atoms with Gasteiger partial charge in [0.25, 0.3) is 0 Å². The SMILES string of the molecule is [Se]=P(NNc1ccccn1)(c1ccccc1)c1ccccc1. The first-order chi connectivity index (χ1) is 10.8. The minimum atomic E-state index is -1.87. The van der Waals surface area contributed by atoms with Crippen molar-refractivity contribution < 1.29 is 0 Å². The summed E-state index contributed by atoms with van der Waals surface area (Å²) in [4.78, 5) is 4.30. The second-order valence-corrected chi connectivity index (χ2v) is 10.7. The normalized spacial score (nSPS) is 11.1. The summed E-state index contributed by atoms with van der Waals surface area (Å²) >= 11 is 3.40. The number of hydrogen-bond acceptors (Lipinski definition) is 3.